The molecule has 1 amide bonds. The highest BCUT2D eigenvalue weighted by Crippen LogP contribution is 2.23. The second-order valence-corrected chi connectivity index (χ2v) is 5.12. The predicted molar refractivity (Wildman–Crippen MR) is 63.9 cm³/mol. The number of amides is 1. The summed E-state index contributed by atoms with van der Waals surface area (Å²) in [5.41, 5.74) is -0.549. The molecule has 5 heteroatoms. The molecule has 0 fully saturated rings. The summed E-state index contributed by atoms with van der Waals surface area (Å²) in [6.07, 6.45) is 0. The molecule has 1 rings (SSSR count). The highest BCUT2D eigenvalue weighted by atomic mass is 35.5. The number of hydrogen-bond acceptors (Lipinski definition) is 3. The summed E-state index contributed by atoms with van der Waals surface area (Å²) in [5, 5.41) is 13.7. The van der Waals surface area contributed by atoms with E-state index in [1.807, 2.05) is 0 Å². The smallest absolute Gasteiger partial charge is 0.229 e. The van der Waals surface area contributed by atoms with E-state index >= 15 is 0 Å². The van der Waals surface area contributed by atoms with Crippen molar-refractivity contribution in [3.63, 3.8) is 0 Å². The van der Waals surface area contributed by atoms with Gasteiger partial charge in [0.2, 0.25) is 5.91 Å². The highest BCUT2D eigenvalue weighted by molar-refractivity contribution is 6.31. The van der Waals surface area contributed by atoms with Crippen LogP contribution >= 0.6 is 11.6 Å². The number of carbonyl (C=O) groups excluding carboxylic acids is 2. The first-order chi connectivity index (χ1) is 7.71. The van der Waals surface area contributed by atoms with Gasteiger partial charge in [-0.3, -0.25) is 4.79 Å². The van der Waals surface area contributed by atoms with E-state index < -0.39 is 11.4 Å². The molecular formula is C12H13ClNO3-. The average molecular weight is 255 g/mol. The number of anilines is 1. The van der Waals surface area contributed by atoms with Crippen LogP contribution in [0.15, 0.2) is 18.2 Å². The first-order valence-corrected chi connectivity index (χ1v) is 5.42. The number of aromatic carboxylic acids is 1. The molecule has 4 nitrogen and oxygen atoms in total. The number of carboxylic acids is 1. The zero-order valence-electron chi connectivity index (χ0n) is 9.83. The minimum Gasteiger partial charge on any atom is -0.545 e. The summed E-state index contributed by atoms with van der Waals surface area (Å²) in [5.74, 6) is -1.65. The van der Waals surface area contributed by atoms with Gasteiger partial charge in [0.05, 0.1) is 5.97 Å². The van der Waals surface area contributed by atoms with Crippen molar-refractivity contribution in [1.82, 2.24) is 0 Å². The Morgan fingerprint density at radius 1 is 1.29 bits per heavy atom. The van der Waals surface area contributed by atoms with Crippen LogP contribution in [0.3, 0.4) is 0 Å². The van der Waals surface area contributed by atoms with Crippen LogP contribution in [0.4, 0.5) is 5.69 Å². The molecule has 1 aromatic carbocycles. The predicted octanol–water partition coefficient (Wildman–Crippen LogP) is 1.69. The Morgan fingerprint density at radius 2 is 1.88 bits per heavy atom. The Morgan fingerprint density at radius 3 is 2.35 bits per heavy atom. The Balaban J connectivity index is 3.07. The summed E-state index contributed by atoms with van der Waals surface area (Å²) in [6, 6.07) is 4.19. The van der Waals surface area contributed by atoms with Crippen molar-refractivity contribution in [3.8, 4) is 0 Å². The van der Waals surface area contributed by atoms with Gasteiger partial charge in [-0.1, -0.05) is 32.4 Å². The first kappa shape index (κ1) is 13.5. The van der Waals surface area contributed by atoms with E-state index in [0.29, 0.717) is 0 Å². The third-order valence-corrected chi connectivity index (χ3v) is 2.37. The number of carboxylic acid groups (broad SMARTS) is 1. The second-order valence-electron chi connectivity index (χ2n) is 4.68. The molecule has 0 aliphatic heterocycles. The maximum atomic E-state index is 11.7. The molecule has 0 heterocycles. The van der Waals surface area contributed by atoms with Gasteiger partial charge in [0, 0.05) is 21.7 Å². The molecule has 0 aromatic heterocycles. The number of benzene rings is 1. The fourth-order valence-corrected chi connectivity index (χ4v) is 1.28. The lowest BCUT2D eigenvalue weighted by molar-refractivity contribution is -0.254. The molecule has 0 aliphatic carbocycles. The van der Waals surface area contributed by atoms with Gasteiger partial charge in [-0.15, -0.1) is 0 Å². The molecule has 0 unspecified atom stereocenters. The summed E-state index contributed by atoms with van der Waals surface area (Å²) in [4.78, 5) is 22.6. The minimum atomic E-state index is -1.38. The Hall–Kier alpha value is -1.55. The van der Waals surface area contributed by atoms with Crippen molar-refractivity contribution in [3.05, 3.63) is 28.8 Å². The highest BCUT2D eigenvalue weighted by Gasteiger charge is 2.22. The van der Waals surface area contributed by atoms with Gasteiger partial charge in [0.15, 0.2) is 0 Å². The molecule has 1 aromatic rings. The molecular weight excluding hydrogens is 242 g/mol. The van der Waals surface area contributed by atoms with Crippen LogP contribution in [-0.2, 0) is 4.79 Å². The number of nitrogens with one attached hydrogen (secondary N) is 1. The van der Waals surface area contributed by atoms with Gasteiger partial charge in [0.25, 0.3) is 0 Å². The van der Waals surface area contributed by atoms with E-state index in [1.54, 1.807) is 20.8 Å². The third-order valence-electron chi connectivity index (χ3n) is 2.13. The van der Waals surface area contributed by atoms with Gasteiger partial charge >= 0.3 is 0 Å². The lowest BCUT2D eigenvalue weighted by Gasteiger charge is -2.19. The molecule has 17 heavy (non-hydrogen) atoms. The van der Waals surface area contributed by atoms with E-state index in [9.17, 15) is 14.7 Å². The Labute approximate surface area is 105 Å². The lowest BCUT2D eigenvalue weighted by Crippen LogP contribution is -2.30. The Bertz CT molecular complexity index is 463. The topological polar surface area (TPSA) is 69.2 Å². The maximum absolute atomic E-state index is 11.7. The maximum Gasteiger partial charge on any atom is 0.229 e. The van der Waals surface area contributed by atoms with Crippen LogP contribution in [-0.4, -0.2) is 11.9 Å². The zero-order valence-corrected chi connectivity index (χ0v) is 10.6. The monoisotopic (exact) mass is 254 g/mol. The molecule has 0 radical (unpaired) electrons. The summed E-state index contributed by atoms with van der Waals surface area (Å²) >= 11 is 5.68. The van der Waals surface area contributed by atoms with Gasteiger partial charge in [-0.25, -0.2) is 0 Å². The van der Waals surface area contributed by atoms with E-state index in [-0.39, 0.29) is 22.2 Å². The van der Waals surface area contributed by atoms with E-state index in [4.69, 9.17) is 11.6 Å². The standard InChI is InChI=1S/C12H14ClNO3/c1-12(2,3)11(17)14-9-5-4-7(13)6-8(9)10(15)16/h4-6H,1-3H3,(H,14,17)(H,15,16)/p-1. The van der Waals surface area contributed by atoms with E-state index in [0.717, 1.165) is 0 Å². The molecule has 0 atom stereocenters. The average Bonchev–Trinajstić information content (AvgIpc) is 2.18. The van der Waals surface area contributed by atoms with Crippen molar-refractivity contribution < 1.29 is 14.7 Å². The molecule has 0 saturated heterocycles. The van der Waals surface area contributed by atoms with Crippen molar-refractivity contribution in [2.45, 2.75) is 20.8 Å². The van der Waals surface area contributed by atoms with Gasteiger partial charge < -0.3 is 15.2 Å². The van der Waals surface area contributed by atoms with Crippen molar-refractivity contribution in [2.24, 2.45) is 5.41 Å². The molecule has 0 bridgehead atoms. The van der Waals surface area contributed by atoms with Crippen molar-refractivity contribution in [1.29, 1.82) is 0 Å². The third kappa shape index (κ3) is 3.46. The first-order valence-electron chi connectivity index (χ1n) is 5.04. The fourth-order valence-electron chi connectivity index (χ4n) is 1.10. The number of rotatable bonds is 2. The molecule has 0 spiro atoms. The number of carbonyl (C=O) groups is 2. The summed E-state index contributed by atoms with van der Waals surface area (Å²) < 4.78 is 0. The largest absolute Gasteiger partial charge is 0.545 e. The zero-order chi connectivity index (χ0) is 13.2. The van der Waals surface area contributed by atoms with Crippen molar-refractivity contribution in [2.75, 3.05) is 5.32 Å². The minimum absolute atomic E-state index is 0.130. The van der Waals surface area contributed by atoms with Crippen LogP contribution in [0.2, 0.25) is 5.02 Å². The number of halogens is 1. The van der Waals surface area contributed by atoms with Crippen LogP contribution < -0.4 is 10.4 Å². The van der Waals surface area contributed by atoms with Crippen LogP contribution in [0.25, 0.3) is 0 Å². The van der Waals surface area contributed by atoms with Gasteiger partial charge in [0.1, 0.15) is 0 Å². The van der Waals surface area contributed by atoms with E-state index in [2.05, 4.69) is 5.32 Å². The Kier molecular flexibility index (Phi) is 3.78. The van der Waals surface area contributed by atoms with Crippen molar-refractivity contribution >= 4 is 29.2 Å². The SMILES string of the molecule is CC(C)(C)C(=O)Nc1ccc(Cl)cc1C(=O)[O-]. The van der Waals surface area contributed by atoms with E-state index in [1.165, 1.54) is 18.2 Å². The van der Waals surface area contributed by atoms with Crippen LogP contribution in [0.5, 0.6) is 0 Å². The summed E-state index contributed by atoms with van der Waals surface area (Å²) in [6.45, 7) is 5.20. The summed E-state index contributed by atoms with van der Waals surface area (Å²) in [7, 11) is 0. The fraction of sp³-hybridized carbons (Fsp3) is 0.333. The van der Waals surface area contributed by atoms with Crippen LogP contribution in [0.1, 0.15) is 31.1 Å². The quantitative estimate of drug-likeness (QED) is 0.873. The molecule has 92 valence electrons. The van der Waals surface area contributed by atoms with Gasteiger partial charge in [-0.05, 0) is 18.2 Å². The molecule has 0 aliphatic rings. The second kappa shape index (κ2) is 4.75. The normalized spacial score (nSPS) is 11.1. The number of hydrogen-bond donors (Lipinski definition) is 1. The molecule has 1 N–H and O–H groups in total. The van der Waals surface area contributed by atoms with Crippen LogP contribution in [0, 0.1) is 5.41 Å². The molecule has 0 saturated carbocycles. The lowest BCUT2D eigenvalue weighted by atomic mass is 9.95. The van der Waals surface area contributed by atoms with Gasteiger partial charge in [-0.2, -0.15) is 0 Å².